The highest BCUT2D eigenvalue weighted by atomic mass is 16.2. The van der Waals surface area contributed by atoms with Gasteiger partial charge in [0.15, 0.2) is 0 Å². The quantitative estimate of drug-likeness (QED) is 0.553. The van der Waals surface area contributed by atoms with Gasteiger partial charge in [-0.15, -0.1) is 0 Å². The number of hydrogen-bond acceptors (Lipinski definition) is 4. The van der Waals surface area contributed by atoms with E-state index in [1.807, 2.05) is 4.98 Å². The van der Waals surface area contributed by atoms with Crippen LogP contribution < -0.4 is 22.3 Å². The molecule has 0 aliphatic rings. The molecule has 0 unspecified atom stereocenters. The summed E-state index contributed by atoms with van der Waals surface area (Å²) in [6, 6.07) is 7.47. The molecule has 1 aromatic heterocycles. The van der Waals surface area contributed by atoms with E-state index >= 15 is 0 Å². The normalized spacial score (nSPS) is 10.0. The second-order valence-corrected chi connectivity index (χ2v) is 3.58. The zero-order valence-corrected chi connectivity index (χ0v) is 9.19. The Morgan fingerprint density at radius 3 is 2.39 bits per heavy atom. The molecule has 0 bridgehead atoms. The summed E-state index contributed by atoms with van der Waals surface area (Å²) >= 11 is 0. The molecule has 0 aliphatic carbocycles. The number of amides is 1. The van der Waals surface area contributed by atoms with Crippen LogP contribution in [0.15, 0.2) is 39.9 Å². The monoisotopic (exact) mass is 246 g/mol. The van der Waals surface area contributed by atoms with Crippen molar-refractivity contribution in [2.24, 2.45) is 0 Å². The predicted molar refractivity (Wildman–Crippen MR) is 66.5 cm³/mol. The Morgan fingerprint density at radius 1 is 1.11 bits per heavy atom. The van der Waals surface area contributed by atoms with Gasteiger partial charge in [0.05, 0.1) is 0 Å². The number of H-pyrrole nitrogens is 2. The first kappa shape index (κ1) is 11.6. The summed E-state index contributed by atoms with van der Waals surface area (Å²) in [5.74, 6) is -0.581. The van der Waals surface area contributed by atoms with Gasteiger partial charge in [-0.3, -0.25) is 14.6 Å². The maximum Gasteiger partial charge on any atom is 0.326 e. The maximum atomic E-state index is 11.7. The lowest BCUT2D eigenvalue weighted by Crippen LogP contribution is -2.27. The summed E-state index contributed by atoms with van der Waals surface area (Å²) in [5, 5.41) is 2.52. The Labute approximate surface area is 101 Å². The average molecular weight is 246 g/mol. The lowest BCUT2D eigenvalue weighted by Gasteiger charge is -2.04. The van der Waals surface area contributed by atoms with E-state index in [9.17, 15) is 14.4 Å². The van der Waals surface area contributed by atoms with E-state index in [4.69, 9.17) is 5.73 Å². The van der Waals surface area contributed by atoms with Crippen LogP contribution in [0.25, 0.3) is 0 Å². The van der Waals surface area contributed by atoms with Crippen LogP contribution in [-0.4, -0.2) is 15.9 Å². The molecule has 0 fully saturated rings. The van der Waals surface area contributed by atoms with Crippen LogP contribution in [0.5, 0.6) is 0 Å². The van der Waals surface area contributed by atoms with Gasteiger partial charge in [0.1, 0.15) is 5.69 Å². The predicted octanol–water partition coefficient (Wildman–Crippen LogP) is -0.102. The smallest absolute Gasteiger partial charge is 0.326 e. The highest BCUT2D eigenvalue weighted by Gasteiger charge is 2.08. The lowest BCUT2D eigenvalue weighted by atomic mass is 10.2. The van der Waals surface area contributed by atoms with Gasteiger partial charge in [-0.05, 0) is 24.3 Å². The molecule has 0 radical (unpaired) electrons. The molecule has 2 aromatic rings. The Morgan fingerprint density at radius 2 is 1.78 bits per heavy atom. The lowest BCUT2D eigenvalue weighted by molar-refractivity contribution is 0.102. The zero-order valence-electron chi connectivity index (χ0n) is 9.19. The second-order valence-electron chi connectivity index (χ2n) is 3.58. The Hall–Kier alpha value is -2.83. The summed E-state index contributed by atoms with van der Waals surface area (Å²) in [7, 11) is 0. The molecule has 1 heterocycles. The van der Waals surface area contributed by atoms with E-state index < -0.39 is 17.2 Å². The van der Waals surface area contributed by atoms with Crippen molar-refractivity contribution in [3.63, 3.8) is 0 Å². The molecule has 92 valence electrons. The number of anilines is 2. The number of hydrogen-bond donors (Lipinski definition) is 4. The standard InChI is InChI=1S/C11H10N4O3/c12-6-1-3-7(4-2-6)13-10(17)8-5-9(16)15-11(18)14-8/h1-5H,12H2,(H,13,17)(H2,14,15,16,18). The number of nitrogens with two attached hydrogens (primary N) is 1. The SMILES string of the molecule is Nc1ccc(NC(=O)c2cc(=O)[nH]c(=O)[nH]2)cc1. The minimum atomic E-state index is -0.732. The van der Waals surface area contributed by atoms with Gasteiger partial charge in [0, 0.05) is 17.4 Å². The fourth-order valence-corrected chi connectivity index (χ4v) is 1.36. The van der Waals surface area contributed by atoms with Crippen LogP contribution in [0.2, 0.25) is 0 Å². The van der Waals surface area contributed by atoms with Crippen LogP contribution in [-0.2, 0) is 0 Å². The molecule has 0 saturated heterocycles. The van der Waals surface area contributed by atoms with Crippen molar-refractivity contribution in [3.8, 4) is 0 Å². The second kappa shape index (κ2) is 4.58. The van der Waals surface area contributed by atoms with Gasteiger partial charge >= 0.3 is 5.69 Å². The van der Waals surface area contributed by atoms with Crippen LogP contribution in [0.3, 0.4) is 0 Å². The van der Waals surface area contributed by atoms with Crippen molar-refractivity contribution < 1.29 is 4.79 Å². The summed E-state index contributed by atoms with van der Waals surface area (Å²) in [4.78, 5) is 38.0. The summed E-state index contributed by atoms with van der Waals surface area (Å²) in [6.45, 7) is 0. The maximum absolute atomic E-state index is 11.7. The molecule has 2 rings (SSSR count). The van der Waals surface area contributed by atoms with Crippen LogP contribution in [0.4, 0.5) is 11.4 Å². The fourth-order valence-electron chi connectivity index (χ4n) is 1.36. The van der Waals surface area contributed by atoms with Gasteiger partial charge in [0.25, 0.3) is 11.5 Å². The summed E-state index contributed by atoms with van der Waals surface area (Å²) < 4.78 is 0. The minimum Gasteiger partial charge on any atom is -0.399 e. The first-order chi connectivity index (χ1) is 8.54. The number of aromatic nitrogens is 2. The number of nitrogens with one attached hydrogen (secondary N) is 3. The van der Waals surface area contributed by atoms with Gasteiger partial charge in [0.2, 0.25) is 0 Å². The number of aromatic amines is 2. The fraction of sp³-hybridized carbons (Fsp3) is 0. The van der Waals surface area contributed by atoms with E-state index in [2.05, 4.69) is 10.3 Å². The van der Waals surface area contributed by atoms with Crippen LogP contribution in [0.1, 0.15) is 10.5 Å². The van der Waals surface area contributed by atoms with Crippen molar-refractivity contribution in [1.82, 2.24) is 9.97 Å². The molecular formula is C11H10N4O3. The number of carbonyl (C=O) groups is 1. The molecule has 0 saturated carbocycles. The van der Waals surface area contributed by atoms with Gasteiger partial charge in [-0.1, -0.05) is 0 Å². The summed E-state index contributed by atoms with van der Waals surface area (Å²) in [5.41, 5.74) is 5.10. The third kappa shape index (κ3) is 2.64. The van der Waals surface area contributed by atoms with Crippen molar-refractivity contribution in [2.45, 2.75) is 0 Å². The number of nitrogen functional groups attached to an aromatic ring is 1. The molecular weight excluding hydrogens is 236 g/mol. The highest BCUT2D eigenvalue weighted by molar-refractivity contribution is 6.02. The molecule has 7 nitrogen and oxygen atoms in total. The van der Waals surface area contributed by atoms with Crippen molar-refractivity contribution in [3.05, 3.63) is 56.9 Å². The molecule has 7 heteroatoms. The first-order valence-electron chi connectivity index (χ1n) is 5.05. The van der Waals surface area contributed by atoms with E-state index in [0.717, 1.165) is 6.07 Å². The third-order valence-corrected chi connectivity index (χ3v) is 2.17. The van der Waals surface area contributed by atoms with Crippen molar-refractivity contribution >= 4 is 17.3 Å². The number of rotatable bonds is 2. The van der Waals surface area contributed by atoms with E-state index in [0.29, 0.717) is 11.4 Å². The van der Waals surface area contributed by atoms with Gasteiger partial charge in [-0.25, -0.2) is 4.79 Å². The molecule has 5 N–H and O–H groups in total. The molecule has 1 aromatic carbocycles. The van der Waals surface area contributed by atoms with Crippen LogP contribution >= 0.6 is 0 Å². The highest BCUT2D eigenvalue weighted by Crippen LogP contribution is 2.10. The van der Waals surface area contributed by atoms with E-state index in [-0.39, 0.29) is 5.69 Å². The molecule has 0 spiro atoms. The Balaban J connectivity index is 2.24. The van der Waals surface area contributed by atoms with Gasteiger partial charge < -0.3 is 16.0 Å². The number of benzene rings is 1. The Bertz CT molecular complexity index is 656. The molecule has 0 atom stereocenters. The third-order valence-electron chi connectivity index (χ3n) is 2.17. The molecule has 18 heavy (non-hydrogen) atoms. The van der Waals surface area contributed by atoms with Gasteiger partial charge in [-0.2, -0.15) is 0 Å². The summed E-state index contributed by atoms with van der Waals surface area (Å²) in [6.07, 6.45) is 0. The van der Waals surface area contributed by atoms with E-state index in [1.165, 1.54) is 0 Å². The molecule has 0 aliphatic heterocycles. The van der Waals surface area contributed by atoms with Crippen molar-refractivity contribution in [1.29, 1.82) is 0 Å². The zero-order chi connectivity index (χ0) is 13.1. The van der Waals surface area contributed by atoms with Crippen LogP contribution in [0, 0.1) is 0 Å². The number of carbonyl (C=O) groups excluding carboxylic acids is 1. The minimum absolute atomic E-state index is 0.111. The topological polar surface area (TPSA) is 121 Å². The van der Waals surface area contributed by atoms with E-state index in [1.54, 1.807) is 24.3 Å². The Kier molecular flexibility index (Phi) is 2.96. The largest absolute Gasteiger partial charge is 0.399 e. The van der Waals surface area contributed by atoms with Crippen molar-refractivity contribution in [2.75, 3.05) is 11.1 Å². The molecule has 1 amide bonds. The average Bonchev–Trinajstić information content (AvgIpc) is 2.31. The first-order valence-corrected chi connectivity index (χ1v) is 5.05.